The Morgan fingerprint density at radius 3 is 2.85 bits per heavy atom. The Morgan fingerprint density at radius 1 is 1.31 bits per heavy atom. The lowest BCUT2D eigenvalue weighted by Crippen LogP contribution is -1.96. The molecule has 0 saturated heterocycles. The molecule has 0 aliphatic heterocycles. The molecule has 64 valence electrons. The highest BCUT2D eigenvalue weighted by Gasteiger charge is 2.05. The molecular formula is C11H8O2. The quantitative estimate of drug-likeness (QED) is 0.721. The highest BCUT2D eigenvalue weighted by Crippen LogP contribution is 2.17. The van der Waals surface area contributed by atoms with Gasteiger partial charge in [-0.3, -0.25) is 0 Å². The zero-order chi connectivity index (χ0) is 11.0. The van der Waals surface area contributed by atoms with Crippen LogP contribution >= 0.6 is 0 Å². The Bertz CT molecular complexity index is 550. The molecule has 0 spiro atoms. The van der Waals surface area contributed by atoms with E-state index in [9.17, 15) is 4.79 Å². The molecule has 0 heterocycles. The van der Waals surface area contributed by atoms with E-state index in [4.69, 9.17) is 7.85 Å². The number of hydrogen-bond donors (Lipinski definition) is 1. The summed E-state index contributed by atoms with van der Waals surface area (Å²) in [7, 11) is 0. The zero-order valence-electron chi connectivity index (χ0n) is 8.74. The Labute approximate surface area is 78.2 Å². The maximum atomic E-state index is 11.0. The van der Waals surface area contributed by atoms with Crippen LogP contribution in [-0.4, -0.2) is 11.1 Å². The van der Waals surface area contributed by atoms with Crippen molar-refractivity contribution in [2.24, 2.45) is 0 Å². The van der Waals surface area contributed by atoms with Crippen molar-refractivity contribution in [3.05, 3.63) is 48.0 Å². The highest BCUT2D eigenvalue weighted by atomic mass is 16.4. The van der Waals surface area contributed by atoms with Crippen LogP contribution in [0.5, 0.6) is 0 Å². The third-order valence-corrected chi connectivity index (χ3v) is 1.87. The van der Waals surface area contributed by atoms with Gasteiger partial charge in [-0.05, 0) is 16.8 Å². The molecule has 2 rings (SSSR count). The van der Waals surface area contributed by atoms with Crippen molar-refractivity contribution in [3.63, 3.8) is 0 Å². The summed E-state index contributed by atoms with van der Waals surface area (Å²) in [5.74, 6) is -1.16. The monoisotopic (exact) mass is 174 g/mol. The van der Waals surface area contributed by atoms with Gasteiger partial charge in [-0.1, -0.05) is 36.4 Å². The SMILES string of the molecule is [2H]c1cc2ccccc2c(C(=O)O)c1[2H]. The molecular weight excluding hydrogens is 164 g/mol. The minimum atomic E-state index is -1.16. The van der Waals surface area contributed by atoms with Crippen LogP contribution in [0.3, 0.4) is 0 Å². The predicted octanol–water partition coefficient (Wildman–Crippen LogP) is 2.54. The maximum Gasteiger partial charge on any atom is 0.336 e. The summed E-state index contributed by atoms with van der Waals surface area (Å²) in [5, 5.41) is 10.2. The van der Waals surface area contributed by atoms with Crippen LogP contribution in [0.1, 0.15) is 13.1 Å². The molecule has 0 atom stereocenters. The summed E-state index contributed by atoms with van der Waals surface area (Å²) in [6.07, 6.45) is 0. The van der Waals surface area contributed by atoms with Crippen molar-refractivity contribution in [3.8, 4) is 0 Å². The van der Waals surface area contributed by atoms with E-state index < -0.39 is 5.97 Å². The van der Waals surface area contributed by atoms with E-state index in [1.165, 1.54) is 6.07 Å². The van der Waals surface area contributed by atoms with Crippen LogP contribution in [0.25, 0.3) is 10.8 Å². The Hall–Kier alpha value is -1.83. The Morgan fingerprint density at radius 2 is 2.08 bits per heavy atom. The molecule has 2 heteroatoms. The second-order valence-electron chi connectivity index (χ2n) is 2.68. The smallest absolute Gasteiger partial charge is 0.336 e. The second-order valence-corrected chi connectivity index (χ2v) is 2.68. The summed E-state index contributed by atoms with van der Waals surface area (Å²) in [6, 6.07) is 8.08. The van der Waals surface area contributed by atoms with Crippen LogP contribution in [0.4, 0.5) is 0 Å². The van der Waals surface area contributed by atoms with Crippen molar-refractivity contribution < 1.29 is 12.6 Å². The van der Waals surface area contributed by atoms with Crippen LogP contribution in [0.2, 0.25) is 0 Å². The second kappa shape index (κ2) is 2.90. The average molecular weight is 174 g/mol. The van der Waals surface area contributed by atoms with Gasteiger partial charge in [0.15, 0.2) is 0 Å². The molecule has 2 aromatic rings. The fraction of sp³-hybridized carbons (Fsp3) is 0. The molecule has 1 N–H and O–H groups in total. The third-order valence-electron chi connectivity index (χ3n) is 1.87. The van der Waals surface area contributed by atoms with E-state index in [2.05, 4.69) is 0 Å². The number of carboxylic acids is 1. The number of carboxylic acid groups (broad SMARTS) is 1. The number of benzene rings is 2. The van der Waals surface area contributed by atoms with Gasteiger partial charge in [-0.25, -0.2) is 4.79 Å². The van der Waals surface area contributed by atoms with Crippen molar-refractivity contribution in [2.75, 3.05) is 0 Å². The largest absolute Gasteiger partial charge is 0.478 e. The van der Waals surface area contributed by atoms with Crippen molar-refractivity contribution in [1.29, 1.82) is 0 Å². The summed E-state index contributed by atoms with van der Waals surface area (Å²) in [4.78, 5) is 11.0. The van der Waals surface area contributed by atoms with Gasteiger partial charge in [-0.15, -0.1) is 0 Å². The molecule has 0 saturated carbocycles. The summed E-state index contributed by atoms with van der Waals surface area (Å²) >= 11 is 0. The molecule has 0 radical (unpaired) electrons. The van der Waals surface area contributed by atoms with E-state index in [1.54, 1.807) is 24.3 Å². The lowest BCUT2D eigenvalue weighted by molar-refractivity contribution is 0.0699. The first-order valence-corrected chi connectivity index (χ1v) is 3.83. The Balaban J connectivity index is 2.95. The van der Waals surface area contributed by atoms with Gasteiger partial charge in [0.2, 0.25) is 0 Å². The van der Waals surface area contributed by atoms with E-state index in [1.807, 2.05) is 0 Å². The Kier molecular flexibility index (Phi) is 1.28. The standard InChI is InChI=1S/C11H8O2/c12-11(13)10-7-3-5-8-4-1-2-6-9(8)10/h1-7H,(H,12,13)/i3D,7D. The van der Waals surface area contributed by atoms with Gasteiger partial charge in [0.25, 0.3) is 0 Å². The minimum Gasteiger partial charge on any atom is -0.478 e. The molecule has 0 aliphatic rings. The average Bonchev–Trinajstić information content (AvgIpc) is 2.19. The van der Waals surface area contributed by atoms with Gasteiger partial charge < -0.3 is 5.11 Å². The van der Waals surface area contributed by atoms with Crippen molar-refractivity contribution in [1.82, 2.24) is 0 Å². The lowest BCUT2D eigenvalue weighted by Gasteiger charge is -2.00. The topological polar surface area (TPSA) is 37.3 Å². The van der Waals surface area contributed by atoms with E-state index in [-0.39, 0.29) is 17.6 Å². The predicted molar refractivity (Wildman–Crippen MR) is 50.9 cm³/mol. The molecule has 0 bridgehead atoms. The van der Waals surface area contributed by atoms with Crippen LogP contribution < -0.4 is 0 Å². The van der Waals surface area contributed by atoms with E-state index in [0.29, 0.717) is 10.8 Å². The molecule has 2 nitrogen and oxygen atoms in total. The fourth-order valence-corrected chi connectivity index (χ4v) is 1.27. The summed E-state index contributed by atoms with van der Waals surface area (Å²) < 4.78 is 15.0. The first-order valence-electron chi connectivity index (χ1n) is 4.83. The van der Waals surface area contributed by atoms with Crippen LogP contribution in [0.15, 0.2) is 42.4 Å². The molecule has 0 unspecified atom stereocenters. The third kappa shape index (κ3) is 1.26. The molecule has 0 fully saturated rings. The number of carbonyl (C=O) groups is 1. The van der Waals surface area contributed by atoms with E-state index in [0.717, 1.165) is 0 Å². The first kappa shape index (κ1) is 5.75. The van der Waals surface area contributed by atoms with Crippen molar-refractivity contribution >= 4 is 16.7 Å². The number of rotatable bonds is 1. The lowest BCUT2D eigenvalue weighted by atomic mass is 10.1. The zero-order valence-corrected chi connectivity index (χ0v) is 6.74. The minimum absolute atomic E-state index is 0.0638. The van der Waals surface area contributed by atoms with Gasteiger partial charge in [-0.2, -0.15) is 0 Å². The highest BCUT2D eigenvalue weighted by molar-refractivity contribution is 6.03. The number of fused-ring (bicyclic) bond motifs is 1. The number of hydrogen-bond acceptors (Lipinski definition) is 1. The molecule has 13 heavy (non-hydrogen) atoms. The van der Waals surface area contributed by atoms with Crippen molar-refractivity contribution in [2.45, 2.75) is 0 Å². The van der Waals surface area contributed by atoms with E-state index >= 15 is 0 Å². The molecule has 0 aromatic heterocycles. The summed E-state index contributed by atoms with van der Waals surface area (Å²) in [5.41, 5.74) is -0.0990. The van der Waals surface area contributed by atoms with Crippen LogP contribution in [0, 0.1) is 0 Å². The van der Waals surface area contributed by atoms with Crippen LogP contribution in [-0.2, 0) is 0 Å². The maximum absolute atomic E-state index is 11.0. The molecule has 2 aromatic carbocycles. The number of aromatic carboxylic acids is 1. The van der Waals surface area contributed by atoms with Gasteiger partial charge in [0, 0.05) is 0 Å². The molecule has 0 amide bonds. The normalized spacial score (nSPS) is 12.3. The van der Waals surface area contributed by atoms with Gasteiger partial charge in [0.1, 0.15) is 0 Å². The van der Waals surface area contributed by atoms with Gasteiger partial charge >= 0.3 is 5.97 Å². The molecule has 0 aliphatic carbocycles. The van der Waals surface area contributed by atoms with Gasteiger partial charge in [0.05, 0.1) is 8.30 Å². The first-order chi connectivity index (χ1) is 7.11. The fourth-order valence-electron chi connectivity index (χ4n) is 1.27. The summed E-state index contributed by atoms with van der Waals surface area (Å²) in [6.45, 7) is 0.